The van der Waals surface area contributed by atoms with Crippen molar-refractivity contribution in [3.05, 3.63) is 40.3 Å². The van der Waals surface area contributed by atoms with E-state index in [0.29, 0.717) is 16.3 Å². The number of carbonyl (C=O) groups excluding carboxylic acids is 2. The van der Waals surface area contributed by atoms with Crippen LogP contribution in [-0.4, -0.2) is 38.1 Å². The Bertz CT molecular complexity index is 977. The van der Waals surface area contributed by atoms with Gasteiger partial charge in [0.1, 0.15) is 5.00 Å². The van der Waals surface area contributed by atoms with E-state index in [9.17, 15) is 9.59 Å². The van der Waals surface area contributed by atoms with Gasteiger partial charge in [-0.2, -0.15) is 4.98 Å². The summed E-state index contributed by atoms with van der Waals surface area (Å²) < 4.78 is 6.68. The van der Waals surface area contributed by atoms with E-state index in [-0.39, 0.29) is 12.4 Å². The Morgan fingerprint density at radius 1 is 1.30 bits per heavy atom. The van der Waals surface area contributed by atoms with Crippen LogP contribution < -0.4 is 5.32 Å². The lowest BCUT2D eigenvalue weighted by Crippen LogP contribution is -2.16. The quantitative estimate of drug-likeness (QED) is 0.548. The number of esters is 1. The highest BCUT2D eigenvalue weighted by atomic mass is 32.1. The summed E-state index contributed by atoms with van der Waals surface area (Å²) in [5.74, 6) is -0.512. The van der Waals surface area contributed by atoms with Crippen molar-refractivity contribution in [3.63, 3.8) is 0 Å². The molecule has 0 saturated carbocycles. The van der Waals surface area contributed by atoms with Gasteiger partial charge >= 0.3 is 5.97 Å². The molecule has 0 saturated heterocycles. The van der Waals surface area contributed by atoms with Crippen molar-refractivity contribution >= 4 is 34.0 Å². The predicted octanol–water partition coefficient (Wildman–Crippen LogP) is 2.88. The number of thiophene rings is 1. The van der Waals surface area contributed by atoms with E-state index in [2.05, 4.69) is 20.4 Å². The third-order valence-electron chi connectivity index (χ3n) is 4.45. The summed E-state index contributed by atoms with van der Waals surface area (Å²) in [7, 11) is 0. The first-order valence-corrected chi connectivity index (χ1v) is 9.79. The van der Waals surface area contributed by atoms with Crippen LogP contribution in [0.4, 0.5) is 5.00 Å². The van der Waals surface area contributed by atoms with Crippen LogP contribution in [0.25, 0.3) is 5.78 Å². The number of anilines is 1. The number of nitrogens with zero attached hydrogens (tertiary/aromatic N) is 4. The summed E-state index contributed by atoms with van der Waals surface area (Å²) in [4.78, 5) is 34.6. The van der Waals surface area contributed by atoms with Gasteiger partial charge in [-0.25, -0.2) is 14.3 Å². The SMILES string of the molecule is CCOC(=O)c1c(NC(=O)c2nc3ncccn3n2)sc2c1CCCCC2. The Balaban J connectivity index is 1.67. The molecule has 3 aromatic heterocycles. The van der Waals surface area contributed by atoms with Gasteiger partial charge in [0.15, 0.2) is 0 Å². The lowest BCUT2D eigenvalue weighted by Gasteiger charge is -2.07. The number of amides is 1. The number of ether oxygens (including phenoxy) is 1. The summed E-state index contributed by atoms with van der Waals surface area (Å²) in [6.07, 6.45) is 8.26. The third kappa shape index (κ3) is 3.42. The van der Waals surface area contributed by atoms with Crippen LogP contribution in [0.3, 0.4) is 0 Å². The first-order valence-electron chi connectivity index (χ1n) is 8.97. The molecule has 0 atom stereocenters. The highest BCUT2D eigenvalue weighted by Gasteiger charge is 2.27. The number of nitrogens with one attached hydrogen (secondary N) is 1. The molecule has 1 N–H and O–H groups in total. The smallest absolute Gasteiger partial charge is 0.341 e. The zero-order valence-electron chi connectivity index (χ0n) is 14.9. The molecule has 9 heteroatoms. The van der Waals surface area contributed by atoms with Gasteiger partial charge in [-0.1, -0.05) is 6.42 Å². The Labute approximate surface area is 159 Å². The largest absolute Gasteiger partial charge is 0.462 e. The number of rotatable bonds is 4. The first-order chi connectivity index (χ1) is 13.2. The van der Waals surface area contributed by atoms with Gasteiger partial charge < -0.3 is 10.1 Å². The lowest BCUT2D eigenvalue weighted by molar-refractivity contribution is 0.0527. The van der Waals surface area contributed by atoms with Gasteiger partial charge in [0.05, 0.1) is 12.2 Å². The number of hydrogen-bond donors (Lipinski definition) is 1. The van der Waals surface area contributed by atoms with E-state index in [4.69, 9.17) is 4.74 Å². The fraction of sp³-hybridized carbons (Fsp3) is 0.389. The van der Waals surface area contributed by atoms with Gasteiger partial charge in [-0.3, -0.25) is 4.79 Å². The molecular weight excluding hydrogens is 366 g/mol. The molecule has 1 amide bonds. The highest BCUT2D eigenvalue weighted by molar-refractivity contribution is 7.17. The van der Waals surface area contributed by atoms with E-state index in [1.807, 2.05) is 0 Å². The van der Waals surface area contributed by atoms with Crippen LogP contribution in [0.1, 0.15) is 57.6 Å². The number of aromatic nitrogens is 4. The van der Waals surface area contributed by atoms with Crippen LogP contribution in [0.5, 0.6) is 0 Å². The Hall–Kier alpha value is -2.81. The Kier molecular flexibility index (Phi) is 4.85. The second-order valence-corrected chi connectivity index (χ2v) is 7.35. The van der Waals surface area contributed by atoms with Crippen molar-refractivity contribution in [1.29, 1.82) is 0 Å². The summed E-state index contributed by atoms with van der Waals surface area (Å²) in [5.41, 5.74) is 1.49. The van der Waals surface area contributed by atoms with Crippen molar-refractivity contribution in [2.24, 2.45) is 0 Å². The summed E-state index contributed by atoms with van der Waals surface area (Å²) in [6, 6.07) is 1.71. The lowest BCUT2D eigenvalue weighted by atomic mass is 10.1. The molecule has 3 aromatic rings. The maximum Gasteiger partial charge on any atom is 0.341 e. The number of hydrogen-bond acceptors (Lipinski definition) is 7. The fourth-order valence-corrected chi connectivity index (χ4v) is 4.51. The molecule has 0 spiro atoms. The van der Waals surface area contributed by atoms with Gasteiger partial charge in [-0.15, -0.1) is 16.4 Å². The van der Waals surface area contributed by atoms with Crippen LogP contribution in [-0.2, 0) is 17.6 Å². The van der Waals surface area contributed by atoms with Crippen LogP contribution in [0, 0.1) is 0 Å². The number of fused-ring (bicyclic) bond motifs is 2. The van der Waals surface area contributed by atoms with E-state index in [1.165, 1.54) is 15.9 Å². The standard InChI is InChI=1S/C18H19N5O3S/c1-2-26-17(25)13-11-7-4-3-5-8-12(11)27-16(13)21-15(24)14-20-18-19-9-6-10-23(18)22-14/h6,9-10H,2-5,7-8H2,1H3,(H,21,24). The number of carbonyl (C=O) groups is 2. The minimum absolute atomic E-state index is 0.00658. The summed E-state index contributed by atoms with van der Waals surface area (Å²) in [6.45, 7) is 2.06. The van der Waals surface area contributed by atoms with E-state index >= 15 is 0 Å². The normalized spacial score (nSPS) is 13.8. The van der Waals surface area contributed by atoms with Crippen molar-refractivity contribution in [3.8, 4) is 0 Å². The predicted molar refractivity (Wildman–Crippen MR) is 100 cm³/mol. The fourth-order valence-electron chi connectivity index (χ4n) is 3.24. The first kappa shape index (κ1) is 17.6. The molecule has 140 valence electrons. The van der Waals surface area contributed by atoms with E-state index in [0.717, 1.165) is 42.5 Å². The molecule has 0 bridgehead atoms. The molecule has 3 heterocycles. The Morgan fingerprint density at radius 3 is 2.96 bits per heavy atom. The van der Waals surface area contributed by atoms with Gasteiger partial charge in [0.25, 0.3) is 11.7 Å². The average molecular weight is 385 g/mol. The monoisotopic (exact) mass is 385 g/mol. The van der Waals surface area contributed by atoms with E-state index < -0.39 is 11.9 Å². The average Bonchev–Trinajstić information content (AvgIpc) is 3.16. The molecule has 0 unspecified atom stereocenters. The topological polar surface area (TPSA) is 98.5 Å². The molecule has 0 fully saturated rings. The second kappa shape index (κ2) is 7.43. The Morgan fingerprint density at radius 2 is 2.15 bits per heavy atom. The maximum absolute atomic E-state index is 12.7. The molecule has 8 nitrogen and oxygen atoms in total. The van der Waals surface area contributed by atoms with Crippen molar-refractivity contribution in [1.82, 2.24) is 19.6 Å². The molecule has 1 aliphatic rings. The van der Waals surface area contributed by atoms with Crippen molar-refractivity contribution < 1.29 is 14.3 Å². The summed E-state index contributed by atoms with van der Waals surface area (Å²) >= 11 is 1.45. The molecule has 0 radical (unpaired) electrons. The van der Waals surface area contributed by atoms with Crippen LogP contribution >= 0.6 is 11.3 Å². The van der Waals surface area contributed by atoms with Crippen LogP contribution in [0.15, 0.2) is 18.5 Å². The maximum atomic E-state index is 12.7. The van der Waals surface area contributed by atoms with Gasteiger partial charge in [-0.05, 0) is 44.2 Å². The highest BCUT2D eigenvalue weighted by Crippen LogP contribution is 2.38. The molecule has 0 aromatic carbocycles. The second-order valence-electron chi connectivity index (χ2n) is 6.24. The van der Waals surface area contributed by atoms with Crippen molar-refractivity contribution in [2.45, 2.75) is 39.0 Å². The minimum atomic E-state index is -0.470. The zero-order chi connectivity index (χ0) is 18.8. The third-order valence-corrected chi connectivity index (χ3v) is 5.65. The molecule has 4 rings (SSSR count). The molecular formula is C18H19N5O3S. The minimum Gasteiger partial charge on any atom is -0.462 e. The van der Waals surface area contributed by atoms with Gasteiger partial charge in [0.2, 0.25) is 5.82 Å². The van der Waals surface area contributed by atoms with Gasteiger partial charge in [0, 0.05) is 17.3 Å². The molecule has 1 aliphatic carbocycles. The van der Waals surface area contributed by atoms with Crippen LogP contribution in [0.2, 0.25) is 0 Å². The summed E-state index contributed by atoms with van der Waals surface area (Å²) in [5, 5.41) is 7.46. The molecule has 0 aliphatic heterocycles. The number of aryl methyl sites for hydroxylation is 1. The zero-order valence-corrected chi connectivity index (χ0v) is 15.7. The van der Waals surface area contributed by atoms with Crippen molar-refractivity contribution in [2.75, 3.05) is 11.9 Å². The van der Waals surface area contributed by atoms with E-state index in [1.54, 1.807) is 25.4 Å². The molecule has 27 heavy (non-hydrogen) atoms.